The van der Waals surface area contributed by atoms with Crippen LogP contribution in [-0.4, -0.2) is 20.4 Å². The summed E-state index contributed by atoms with van der Waals surface area (Å²) in [6.45, 7) is 0.374. The van der Waals surface area contributed by atoms with Gasteiger partial charge >= 0.3 is 0 Å². The summed E-state index contributed by atoms with van der Waals surface area (Å²) in [5.74, 6) is 1.36. The zero-order valence-electron chi connectivity index (χ0n) is 15.3. The summed E-state index contributed by atoms with van der Waals surface area (Å²) in [5.41, 5.74) is 1.40. The summed E-state index contributed by atoms with van der Waals surface area (Å²) in [7, 11) is 0. The van der Waals surface area contributed by atoms with Gasteiger partial charge < -0.3 is 10.1 Å². The molecule has 0 radical (unpaired) electrons. The molecule has 0 aliphatic carbocycles. The largest absolute Gasteiger partial charge is 0.457 e. The first-order valence-electron chi connectivity index (χ1n) is 8.92. The van der Waals surface area contributed by atoms with Gasteiger partial charge in [0.25, 0.3) is 5.91 Å². The number of halogens is 1. The van der Waals surface area contributed by atoms with Crippen molar-refractivity contribution in [2.24, 2.45) is 0 Å². The second-order valence-electron chi connectivity index (χ2n) is 6.26. The fourth-order valence-corrected chi connectivity index (χ4v) is 2.67. The van der Waals surface area contributed by atoms with Crippen molar-refractivity contribution in [3.63, 3.8) is 0 Å². The van der Waals surface area contributed by atoms with E-state index in [1.54, 1.807) is 59.7 Å². The van der Waals surface area contributed by atoms with Crippen LogP contribution in [0.1, 0.15) is 15.9 Å². The average Bonchev–Trinajstić information content (AvgIpc) is 3.30. The van der Waals surface area contributed by atoms with Crippen LogP contribution >= 0.6 is 0 Å². The van der Waals surface area contributed by atoms with Gasteiger partial charge in [0.15, 0.2) is 0 Å². The number of carbonyl (C=O) groups excluding carboxylic acids is 1. The van der Waals surface area contributed by atoms with Crippen molar-refractivity contribution in [1.82, 2.24) is 19.9 Å². The SMILES string of the molecule is O=C(NCc1ccc(Oc2ccc(F)cc2)cc1)c1ccc(-n2ccnc2)nc1. The van der Waals surface area contributed by atoms with Crippen molar-refractivity contribution >= 4 is 5.91 Å². The van der Waals surface area contributed by atoms with E-state index in [0.717, 1.165) is 5.56 Å². The number of rotatable bonds is 6. The number of benzene rings is 2. The summed E-state index contributed by atoms with van der Waals surface area (Å²) in [6.07, 6.45) is 6.62. The van der Waals surface area contributed by atoms with E-state index in [-0.39, 0.29) is 11.7 Å². The van der Waals surface area contributed by atoms with E-state index >= 15 is 0 Å². The van der Waals surface area contributed by atoms with Crippen LogP contribution in [0, 0.1) is 5.82 Å². The van der Waals surface area contributed by atoms with Gasteiger partial charge in [0, 0.05) is 25.1 Å². The first-order valence-corrected chi connectivity index (χ1v) is 8.92. The minimum absolute atomic E-state index is 0.207. The molecule has 2 aromatic carbocycles. The molecule has 0 fully saturated rings. The molecule has 0 saturated carbocycles. The Bertz CT molecular complexity index is 1080. The molecule has 2 heterocycles. The second-order valence-corrected chi connectivity index (χ2v) is 6.26. The number of carbonyl (C=O) groups is 1. The minimum Gasteiger partial charge on any atom is -0.457 e. The quantitative estimate of drug-likeness (QED) is 0.539. The van der Waals surface area contributed by atoms with Crippen LogP contribution in [0.15, 0.2) is 85.6 Å². The lowest BCUT2D eigenvalue weighted by Gasteiger charge is -2.08. The lowest BCUT2D eigenvalue weighted by molar-refractivity contribution is 0.0950. The number of imidazole rings is 1. The van der Waals surface area contributed by atoms with Crippen LogP contribution in [0.5, 0.6) is 11.5 Å². The van der Waals surface area contributed by atoms with E-state index < -0.39 is 0 Å². The molecule has 144 valence electrons. The fraction of sp³-hybridized carbons (Fsp3) is 0.0455. The number of aromatic nitrogens is 3. The molecule has 0 aliphatic heterocycles. The lowest BCUT2D eigenvalue weighted by Crippen LogP contribution is -2.22. The highest BCUT2D eigenvalue weighted by Crippen LogP contribution is 2.21. The molecule has 0 unspecified atom stereocenters. The topological polar surface area (TPSA) is 69.0 Å². The Balaban J connectivity index is 1.32. The zero-order chi connectivity index (χ0) is 20.1. The Morgan fingerprint density at radius 1 is 1.00 bits per heavy atom. The van der Waals surface area contributed by atoms with Crippen LogP contribution in [0.4, 0.5) is 4.39 Å². The summed E-state index contributed by atoms with van der Waals surface area (Å²) >= 11 is 0. The van der Waals surface area contributed by atoms with Gasteiger partial charge in [-0.3, -0.25) is 9.36 Å². The number of pyridine rings is 1. The molecule has 6 nitrogen and oxygen atoms in total. The van der Waals surface area contributed by atoms with Gasteiger partial charge in [-0.25, -0.2) is 14.4 Å². The molecule has 0 aliphatic rings. The molecular weight excluding hydrogens is 371 g/mol. The third-order valence-corrected chi connectivity index (χ3v) is 4.20. The number of nitrogens with zero attached hydrogens (tertiary/aromatic N) is 3. The van der Waals surface area contributed by atoms with Crippen molar-refractivity contribution in [1.29, 1.82) is 0 Å². The molecule has 0 atom stereocenters. The highest BCUT2D eigenvalue weighted by molar-refractivity contribution is 5.93. The molecule has 7 heteroatoms. The number of hydrogen-bond donors (Lipinski definition) is 1. The van der Waals surface area contributed by atoms with Crippen molar-refractivity contribution in [2.75, 3.05) is 0 Å². The van der Waals surface area contributed by atoms with Gasteiger partial charge in [0.1, 0.15) is 29.5 Å². The molecule has 0 spiro atoms. The van der Waals surface area contributed by atoms with Crippen molar-refractivity contribution in [3.05, 3.63) is 103 Å². The van der Waals surface area contributed by atoms with Crippen LogP contribution in [0.25, 0.3) is 5.82 Å². The van der Waals surface area contributed by atoms with Crippen LogP contribution in [0.2, 0.25) is 0 Å². The van der Waals surface area contributed by atoms with E-state index in [4.69, 9.17) is 4.74 Å². The fourth-order valence-electron chi connectivity index (χ4n) is 2.67. The Kier molecular flexibility index (Phi) is 5.29. The van der Waals surface area contributed by atoms with Crippen molar-refractivity contribution < 1.29 is 13.9 Å². The van der Waals surface area contributed by atoms with Gasteiger partial charge in [0.2, 0.25) is 0 Å². The monoisotopic (exact) mass is 388 g/mol. The highest BCUT2D eigenvalue weighted by atomic mass is 19.1. The predicted octanol–water partition coefficient (Wildman–Crippen LogP) is 4.13. The Hall–Kier alpha value is -4.00. The first kappa shape index (κ1) is 18.4. The Labute approximate surface area is 166 Å². The van der Waals surface area contributed by atoms with Gasteiger partial charge in [-0.05, 0) is 54.1 Å². The van der Waals surface area contributed by atoms with Crippen LogP contribution < -0.4 is 10.1 Å². The highest BCUT2D eigenvalue weighted by Gasteiger charge is 2.07. The van der Waals surface area contributed by atoms with Crippen LogP contribution in [-0.2, 0) is 6.54 Å². The van der Waals surface area contributed by atoms with Gasteiger partial charge in [-0.15, -0.1) is 0 Å². The summed E-state index contributed by atoms with van der Waals surface area (Å²) in [6, 6.07) is 16.6. The second kappa shape index (κ2) is 8.35. The molecular formula is C22H17FN4O2. The lowest BCUT2D eigenvalue weighted by atomic mass is 10.2. The molecule has 2 aromatic heterocycles. The Morgan fingerprint density at radius 2 is 1.72 bits per heavy atom. The standard InChI is InChI=1S/C22H17FN4O2/c23-18-4-8-20(9-5-18)29-19-6-1-16(2-7-19)13-26-22(28)17-3-10-21(25-14-17)27-12-11-24-15-27/h1-12,14-15H,13H2,(H,26,28). The normalized spacial score (nSPS) is 10.5. The van der Waals surface area contributed by atoms with Gasteiger partial charge in [0.05, 0.1) is 5.56 Å². The van der Waals surface area contributed by atoms with E-state index in [2.05, 4.69) is 15.3 Å². The van der Waals surface area contributed by atoms with E-state index in [9.17, 15) is 9.18 Å². The number of nitrogens with one attached hydrogen (secondary N) is 1. The maximum absolute atomic E-state index is 12.9. The summed E-state index contributed by atoms with van der Waals surface area (Å²) in [5, 5.41) is 2.86. The maximum atomic E-state index is 12.9. The number of amides is 1. The smallest absolute Gasteiger partial charge is 0.253 e. The third-order valence-electron chi connectivity index (χ3n) is 4.20. The van der Waals surface area contributed by atoms with Gasteiger partial charge in [-0.1, -0.05) is 12.1 Å². The minimum atomic E-state index is -0.310. The third kappa shape index (κ3) is 4.65. The molecule has 4 rings (SSSR count). The molecule has 29 heavy (non-hydrogen) atoms. The molecule has 4 aromatic rings. The predicted molar refractivity (Wildman–Crippen MR) is 105 cm³/mol. The van der Waals surface area contributed by atoms with Crippen molar-refractivity contribution in [3.8, 4) is 17.3 Å². The van der Waals surface area contributed by atoms with Gasteiger partial charge in [-0.2, -0.15) is 0 Å². The first-order chi connectivity index (χ1) is 14.2. The summed E-state index contributed by atoms with van der Waals surface area (Å²) < 4.78 is 20.4. The molecule has 1 N–H and O–H groups in total. The van der Waals surface area contributed by atoms with Crippen LogP contribution in [0.3, 0.4) is 0 Å². The molecule has 1 amide bonds. The Morgan fingerprint density at radius 3 is 2.34 bits per heavy atom. The number of ether oxygens (including phenoxy) is 1. The van der Waals surface area contributed by atoms with E-state index in [1.807, 2.05) is 12.1 Å². The van der Waals surface area contributed by atoms with E-state index in [1.165, 1.54) is 18.3 Å². The van der Waals surface area contributed by atoms with Crippen molar-refractivity contribution in [2.45, 2.75) is 6.54 Å². The average molecular weight is 388 g/mol. The zero-order valence-corrected chi connectivity index (χ0v) is 15.3. The maximum Gasteiger partial charge on any atom is 0.253 e. The number of hydrogen-bond acceptors (Lipinski definition) is 4. The summed E-state index contributed by atoms with van der Waals surface area (Å²) in [4.78, 5) is 20.6. The molecule has 0 bridgehead atoms. The molecule has 0 saturated heterocycles. The van der Waals surface area contributed by atoms with E-state index in [0.29, 0.717) is 29.4 Å².